The van der Waals surface area contributed by atoms with Crippen molar-refractivity contribution in [3.8, 4) is 5.75 Å². The van der Waals surface area contributed by atoms with E-state index < -0.39 is 11.9 Å². The highest BCUT2D eigenvalue weighted by Gasteiger charge is 2.09. The van der Waals surface area contributed by atoms with Crippen molar-refractivity contribution in [3.63, 3.8) is 0 Å². The zero-order chi connectivity index (χ0) is 16.7. The molecule has 0 aliphatic rings. The first-order valence-electron chi connectivity index (χ1n) is 7.10. The minimum Gasteiger partial charge on any atom is -0.491 e. The zero-order valence-corrected chi connectivity index (χ0v) is 12.3. The highest BCUT2D eigenvalue weighted by Crippen LogP contribution is 2.11. The maximum atomic E-state index is 13.0. The van der Waals surface area contributed by atoms with Crippen molar-refractivity contribution in [1.29, 1.82) is 0 Å². The van der Waals surface area contributed by atoms with Gasteiger partial charge in [0, 0.05) is 6.54 Å². The predicted molar refractivity (Wildman–Crippen MR) is 81.0 cm³/mol. The maximum absolute atomic E-state index is 13.0. The van der Waals surface area contributed by atoms with E-state index in [0.717, 1.165) is 0 Å². The summed E-state index contributed by atoms with van der Waals surface area (Å²) in [5.41, 5.74) is 0.555. The lowest BCUT2D eigenvalue weighted by atomic mass is 10.1. The molecule has 1 amide bonds. The first-order chi connectivity index (χ1) is 11.0. The van der Waals surface area contributed by atoms with Gasteiger partial charge in [0.15, 0.2) is 0 Å². The molecular weight excluding hydrogens is 304 g/mol. The zero-order valence-electron chi connectivity index (χ0n) is 12.3. The smallest absolute Gasteiger partial charge is 0.224 e. The lowest BCUT2D eigenvalue weighted by Gasteiger charge is -2.13. The number of hydrogen-bond donors (Lipinski definition) is 2. The fourth-order valence-corrected chi connectivity index (χ4v) is 1.91. The molecule has 1 unspecified atom stereocenters. The van der Waals surface area contributed by atoms with Crippen LogP contribution < -0.4 is 10.1 Å². The molecule has 23 heavy (non-hydrogen) atoms. The second-order valence-corrected chi connectivity index (χ2v) is 5.03. The highest BCUT2D eigenvalue weighted by molar-refractivity contribution is 5.78. The first-order valence-corrected chi connectivity index (χ1v) is 7.10. The molecule has 1 atom stereocenters. The average molecular weight is 321 g/mol. The van der Waals surface area contributed by atoms with Crippen molar-refractivity contribution >= 4 is 5.91 Å². The number of carbonyl (C=O) groups is 1. The number of halogens is 2. The summed E-state index contributed by atoms with van der Waals surface area (Å²) in [6.45, 7) is -0.0266. The maximum Gasteiger partial charge on any atom is 0.224 e. The number of ether oxygens (including phenoxy) is 1. The van der Waals surface area contributed by atoms with Crippen LogP contribution in [0.2, 0.25) is 0 Å². The Morgan fingerprint density at radius 3 is 2.57 bits per heavy atom. The topological polar surface area (TPSA) is 58.6 Å². The number of aliphatic hydroxyl groups excluding tert-OH is 1. The molecule has 0 spiro atoms. The van der Waals surface area contributed by atoms with Crippen LogP contribution in [0.3, 0.4) is 0 Å². The molecule has 0 bridgehead atoms. The van der Waals surface area contributed by atoms with Crippen LogP contribution in [0.4, 0.5) is 8.78 Å². The normalized spacial score (nSPS) is 11.8. The largest absolute Gasteiger partial charge is 0.491 e. The summed E-state index contributed by atoms with van der Waals surface area (Å²) in [6.07, 6.45) is -0.875. The third-order valence-corrected chi connectivity index (χ3v) is 3.04. The minimum absolute atomic E-state index is 0.00927. The van der Waals surface area contributed by atoms with E-state index in [2.05, 4.69) is 5.32 Å². The number of nitrogens with one attached hydrogen (secondary N) is 1. The molecule has 0 fully saturated rings. The first kappa shape index (κ1) is 16.9. The van der Waals surface area contributed by atoms with Gasteiger partial charge in [-0.15, -0.1) is 0 Å². The van der Waals surface area contributed by atoms with Crippen molar-refractivity contribution in [2.45, 2.75) is 12.5 Å². The van der Waals surface area contributed by atoms with Gasteiger partial charge in [-0.3, -0.25) is 4.79 Å². The molecule has 0 heterocycles. The molecule has 0 saturated carbocycles. The number of amides is 1. The van der Waals surface area contributed by atoms with Crippen LogP contribution >= 0.6 is 0 Å². The second kappa shape index (κ2) is 8.24. The molecule has 0 aromatic heterocycles. The molecule has 0 aliphatic heterocycles. The number of rotatable bonds is 7. The third-order valence-electron chi connectivity index (χ3n) is 3.04. The predicted octanol–water partition coefficient (Wildman–Crippen LogP) is 2.06. The van der Waals surface area contributed by atoms with Crippen molar-refractivity contribution in [2.75, 3.05) is 13.2 Å². The Bertz CT molecular complexity index is 647. The van der Waals surface area contributed by atoms with Gasteiger partial charge in [-0.05, 0) is 42.0 Å². The van der Waals surface area contributed by atoms with Crippen LogP contribution in [-0.2, 0) is 11.2 Å². The molecule has 122 valence electrons. The quantitative estimate of drug-likeness (QED) is 0.821. The van der Waals surface area contributed by atoms with Crippen LogP contribution in [0.25, 0.3) is 0 Å². The number of benzene rings is 2. The van der Waals surface area contributed by atoms with Gasteiger partial charge in [0.1, 0.15) is 30.1 Å². The van der Waals surface area contributed by atoms with Gasteiger partial charge in [-0.25, -0.2) is 8.78 Å². The van der Waals surface area contributed by atoms with Crippen LogP contribution in [0.1, 0.15) is 5.56 Å². The van der Waals surface area contributed by atoms with Gasteiger partial charge in [0.2, 0.25) is 5.91 Å². The van der Waals surface area contributed by atoms with Crippen molar-refractivity contribution in [1.82, 2.24) is 5.32 Å². The van der Waals surface area contributed by atoms with Gasteiger partial charge in [0.05, 0.1) is 6.42 Å². The number of aliphatic hydroxyl groups is 1. The molecular formula is C17H17F2NO3. The van der Waals surface area contributed by atoms with E-state index >= 15 is 0 Å². The number of carbonyl (C=O) groups excluding carboxylic acids is 1. The van der Waals surface area contributed by atoms with Gasteiger partial charge in [-0.2, -0.15) is 0 Å². The molecule has 2 rings (SSSR count). The summed E-state index contributed by atoms with van der Waals surface area (Å²) in [5, 5.41) is 12.3. The molecule has 0 aliphatic carbocycles. The molecule has 2 aromatic carbocycles. The summed E-state index contributed by atoms with van der Waals surface area (Å²) in [7, 11) is 0. The minimum atomic E-state index is -0.906. The summed E-state index contributed by atoms with van der Waals surface area (Å²) in [4.78, 5) is 11.7. The van der Waals surface area contributed by atoms with E-state index in [-0.39, 0.29) is 31.3 Å². The van der Waals surface area contributed by atoms with E-state index in [9.17, 15) is 18.7 Å². The van der Waals surface area contributed by atoms with Crippen LogP contribution in [0.15, 0.2) is 48.5 Å². The van der Waals surface area contributed by atoms with Crippen molar-refractivity contribution in [3.05, 3.63) is 65.7 Å². The van der Waals surface area contributed by atoms with Gasteiger partial charge in [0.25, 0.3) is 0 Å². The Labute approximate surface area is 132 Å². The van der Waals surface area contributed by atoms with Gasteiger partial charge in [-0.1, -0.05) is 12.1 Å². The van der Waals surface area contributed by atoms with Gasteiger partial charge < -0.3 is 15.2 Å². The Kier molecular flexibility index (Phi) is 6.05. The van der Waals surface area contributed by atoms with Crippen LogP contribution in [-0.4, -0.2) is 30.3 Å². The number of hydrogen-bond acceptors (Lipinski definition) is 3. The Hall–Kier alpha value is -2.47. The monoisotopic (exact) mass is 321 g/mol. The van der Waals surface area contributed by atoms with Crippen LogP contribution in [0.5, 0.6) is 5.75 Å². The van der Waals surface area contributed by atoms with E-state index in [1.807, 2.05) is 0 Å². The lowest BCUT2D eigenvalue weighted by molar-refractivity contribution is -0.121. The van der Waals surface area contributed by atoms with Gasteiger partial charge >= 0.3 is 0 Å². The van der Waals surface area contributed by atoms with Crippen molar-refractivity contribution in [2.24, 2.45) is 0 Å². The van der Waals surface area contributed by atoms with E-state index in [4.69, 9.17) is 4.74 Å². The Morgan fingerprint density at radius 2 is 1.87 bits per heavy atom. The van der Waals surface area contributed by atoms with E-state index in [0.29, 0.717) is 11.3 Å². The molecule has 0 radical (unpaired) electrons. The molecule has 4 nitrogen and oxygen atoms in total. The fourth-order valence-electron chi connectivity index (χ4n) is 1.91. The van der Waals surface area contributed by atoms with E-state index in [1.165, 1.54) is 42.5 Å². The molecule has 6 heteroatoms. The van der Waals surface area contributed by atoms with Crippen LogP contribution in [0, 0.1) is 11.6 Å². The Balaban J connectivity index is 1.70. The SMILES string of the molecule is O=C(Cc1cccc(F)c1)NCC(O)COc1ccc(F)cc1. The summed E-state index contributed by atoms with van der Waals surface area (Å²) in [5.74, 6) is -0.668. The molecule has 2 aromatic rings. The molecule has 2 N–H and O–H groups in total. The second-order valence-electron chi connectivity index (χ2n) is 5.03. The third kappa shape index (κ3) is 6.04. The standard InChI is InChI=1S/C17H17F2NO3/c18-13-4-6-16(7-5-13)23-11-15(21)10-20-17(22)9-12-2-1-3-14(19)8-12/h1-8,15,21H,9-11H2,(H,20,22). The van der Waals surface area contributed by atoms with Crippen molar-refractivity contribution < 1.29 is 23.4 Å². The summed E-state index contributed by atoms with van der Waals surface area (Å²) in [6, 6.07) is 11.2. The molecule has 0 saturated heterocycles. The highest BCUT2D eigenvalue weighted by atomic mass is 19.1. The lowest BCUT2D eigenvalue weighted by Crippen LogP contribution is -2.36. The fraction of sp³-hybridized carbons (Fsp3) is 0.235. The summed E-state index contributed by atoms with van der Waals surface area (Å²) >= 11 is 0. The average Bonchev–Trinajstić information content (AvgIpc) is 2.52. The Morgan fingerprint density at radius 1 is 1.13 bits per heavy atom. The summed E-state index contributed by atoms with van der Waals surface area (Å²) < 4.78 is 31.0. The van der Waals surface area contributed by atoms with E-state index in [1.54, 1.807) is 6.07 Å².